The molecule has 0 bridgehead atoms. The molecule has 0 atom stereocenters. The molecule has 2 aromatic carbocycles. The Balaban J connectivity index is 1.41. The van der Waals surface area contributed by atoms with Gasteiger partial charge in [-0.05, 0) is 37.1 Å². The predicted molar refractivity (Wildman–Crippen MR) is 128 cm³/mol. The molecule has 2 N–H and O–H groups in total. The normalized spacial score (nSPS) is 11.2. The number of rotatable bonds is 4. The first-order valence-corrected chi connectivity index (χ1v) is 11.4. The number of aromatic nitrogens is 4. The summed E-state index contributed by atoms with van der Waals surface area (Å²) in [5.74, 6) is -0.896. The van der Waals surface area contributed by atoms with Gasteiger partial charge < -0.3 is 0 Å². The Morgan fingerprint density at radius 2 is 1.38 bits per heavy atom. The fraction of sp³-hybridized carbons (Fsp3) is 0.136. The summed E-state index contributed by atoms with van der Waals surface area (Å²) in [6.07, 6.45) is 1.38. The number of anilines is 2. The summed E-state index contributed by atoms with van der Waals surface area (Å²) < 4.78 is 3.34. The van der Waals surface area contributed by atoms with E-state index in [1.54, 1.807) is 7.05 Å². The molecule has 2 amide bonds. The molecule has 0 aliphatic carbocycles. The van der Waals surface area contributed by atoms with E-state index in [0.29, 0.717) is 10.3 Å². The van der Waals surface area contributed by atoms with Crippen molar-refractivity contribution in [3.8, 4) is 0 Å². The van der Waals surface area contributed by atoms with Crippen LogP contribution in [-0.2, 0) is 7.05 Å². The molecule has 3 aromatic heterocycles. The lowest BCUT2D eigenvalue weighted by atomic mass is 10.2. The minimum absolute atomic E-state index is 0.149. The molecule has 0 fully saturated rings. The van der Waals surface area contributed by atoms with Crippen LogP contribution in [0.2, 0.25) is 0 Å². The number of hydrogen-bond acceptors (Lipinski definition) is 7. The smallest absolute Gasteiger partial charge is 0.276 e. The topological polar surface area (TPSA) is 102 Å². The largest absolute Gasteiger partial charge is 0.298 e. The zero-order chi connectivity index (χ0) is 22.4. The molecule has 0 saturated heterocycles. The summed E-state index contributed by atoms with van der Waals surface area (Å²) in [5, 5.41) is 10.7. The zero-order valence-corrected chi connectivity index (χ0v) is 19.1. The van der Waals surface area contributed by atoms with Gasteiger partial charge in [0.1, 0.15) is 5.69 Å². The SMILES string of the molecule is Cc1cccc2sc(NC(=O)c3cnn(C)c3C(=O)Nc3nc4c(C)cccc4s3)nc12. The van der Waals surface area contributed by atoms with Gasteiger partial charge in [0.2, 0.25) is 0 Å². The van der Waals surface area contributed by atoms with Crippen LogP contribution >= 0.6 is 22.7 Å². The first-order valence-electron chi connectivity index (χ1n) is 9.77. The third kappa shape index (κ3) is 3.53. The van der Waals surface area contributed by atoms with Crippen molar-refractivity contribution in [3.63, 3.8) is 0 Å². The number of nitrogens with zero attached hydrogens (tertiary/aromatic N) is 4. The first kappa shape index (κ1) is 20.3. The predicted octanol–water partition coefficient (Wildman–Crippen LogP) is 4.76. The molecule has 8 nitrogen and oxygen atoms in total. The van der Waals surface area contributed by atoms with Crippen molar-refractivity contribution in [1.29, 1.82) is 0 Å². The van der Waals surface area contributed by atoms with Crippen LogP contribution in [0.1, 0.15) is 32.0 Å². The number of amides is 2. The molecule has 0 spiro atoms. The van der Waals surface area contributed by atoms with Gasteiger partial charge in [-0.2, -0.15) is 5.10 Å². The lowest BCUT2D eigenvalue weighted by Gasteiger charge is -2.05. The van der Waals surface area contributed by atoms with Crippen LogP contribution in [0.4, 0.5) is 10.3 Å². The van der Waals surface area contributed by atoms with Gasteiger partial charge in [0.25, 0.3) is 11.8 Å². The van der Waals surface area contributed by atoms with Gasteiger partial charge in [0.15, 0.2) is 10.3 Å². The maximum Gasteiger partial charge on any atom is 0.276 e. The molecule has 5 aromatic rings. The van der Waals surface area contributed by atoms with Crippen LogP contribution in [0, 0.1) is 13.8 Å². The Morgan fingerprint density at radius 1 is 0.844 bits per heavy atom. The monoisotopic (exact) mass is 462 g/mol. The zero-order valence-electron chi connectivity index (χ0n) is 17.5. The molecule has 0 unspecified atom stereocenters. The lowest BCUT2D eigenvalue weighted by molar-refractivity contribution is 0.0985. The van der Waals surface area contributed by atoms with Crippen LogP contribution in [0.25, 0.3) is 20.4 Å². The number of para-hydroxylation sites is 2. The van der Waals surface area contributed by atoms with Crippen molar-refractivity contribution in [2.45, 2.75) is 13.8 Å². The second-order valence-corrected chi connectivity index (χ2v) is 9.38. The maximum atomic E-state index is 13.0. The van der Waals surface area contributed by atoms with Gasteiger partial charge in [-0.25, -0.2) is 9.97 Å². The number of carbonyl (C=O) groups is 2. The summed E-state index contributed by atoms with van der Waals surface area (Å²) >= 11 is 2.76. The average Bonchev–Trinajstić information content (AvgIpc) is 3.45. The minimum atomic E-state index is -0.452. The number of aryl methyl sites for hydroxylation is 3. The number of carbonyl (C=O) groups excluding carboxylic acids is 2. The second kappa shape index (κ2) is 7.81. The summed E-state index contributed by atoms with van der Waals surface area (Å²) in [6, 6.07) is 11.8. The van der Waals surface area contributed by atoms with Crippen molar-refractivity contribution in [2.75, 3.05) is 10.6 Å². The lowest BCUT2D eigenvalue weighted by Crippen LogP contribution is -2.21. The molecular weight excluding hydrogens is 444 g/mol. The number of nitrogens with one attached hydrogen (secondary N) is 2. The first-order chi connectivity index (χ1) is 15.4. The van der Waals surface area contributed by atoms with Gasteiger partial charge in [0, 0.05) is 7.05 Å². The Bertz CT molecular complexity index is 1510. The molecule has 3 heterocycles. The molecule has 5 rings (SSSR count). The Labute approximate surface area is 190 Å². The van der Waals surface area contributed by atoms with Crippen LogP contribution in [0.5, 0.6) is 0 Å². The van der Waals surface area contributed by atoms with Gasteiger partial charge in [0.05, 0.1) is 32.2 Å². The third-order valence-electron chi connectivity index (χ3n) is 5.08. The summed E-state index contributed by atoms with van der Waals surface area (Å²) in [6.45, 7) is 3.95. The summed E-state index contributed by atoms with van der Waals surface area (Å²) in [7, 11) is 1.62. The van der Waals surface area contributed by atoms with Gasteiger partial charge >= 0.3 is 0 Å². The highest BCUT2D eigenvalue weighted by atomic mass is 32.1. The van der Waals surface area contributed by atoms with E-state index >= 15 is 0 Å². The third-order valence-corrected chi connectivity index (χ3v) is 6.95. The average molecular weight is 463 g/mol. The molecule has 10 heteroatoms. The van der Waals surface area contributed by atoms with Crippen molar-refractivity contribution < 1.29 is 9.59 Å². The van der Waals surface area contributed by atoms with Crippen molar-refractivity contribution in [3.05, 3.63) is 65.0 Å². The molecule has 0 aliphatic rings. The highest BCUT2D eigenvalue weighted by molar-refractivity contribution is 7.22. The van der Waals surface area contributed by atoms with Crippen molar-refractivity contribution in [1.82, 2.24) is 19.7 Å². The quantitative estimate of drug-likeness (QED) is 0.401. The van der Waals surface area contributed by atoms with Crippen molar-refractivity contribution >= 4 is 65.2 Å². The van der Waals surface area contributed by atoms with Gasteiger partial charge in [-0.1, -0.05) is 46.9 Å². The van der Waals surface area contributed by atoms with E-state index in [9.17, 15) is 9.59 Å². The molecule has 160 valence electrons. The molecule has 0 saturated carbocycles. The number of fused-ring (bicyclic) bond motifs is 2. The summed E-state index contributed by atoms with van der Waals surface area (Å²) in [5.41, 5.74) is 4.08. The van der Waals surface area contributed by atoms with E-state index in [1.165, 1.54) is 33.6 Å². The molecular formula is C22H18N6O2S2. The van der Waals surface area contributed by atoms with Gasteiger partial charge in [-0.3, -0.25) is 24.9 Å². The van der Waals surface area contributed by atoms with E-state index in [-0.39, 0.29) is 11.3 Å². The Kier molecular flexibility index (Phi) is 4.95. The number of benzene rings is 2. The number of thiazole rings is 2. The molecule has 32 heavy (non-hydrogen) atoms. The van der Waals surface area contributed by atoms with Gasteiger partial charge in [-0.15, -0.1) is 0 Å². The highest BCUT2D eigenvalue weighted by Crippen LogP contribution is 2.30. The van der Waals surface area contributed by atoms with E-state index in [1.807, 2.05) is 50.2 Å². The van der Waals surface area contributed by atoms with Crippen LogP contribution in [-0.4, -0.2) is 31.6 Å². The highest BCUT2D eigenvalue weighted by Gasteiger charge is 2.24. The maximum absolute atomic E-state index is 13.0. The molecule has 0 radical (unpaired) electrons. The fourth-order valence-electron chi connectivity index (χ4n) is 3.47. The van der Waals surface area contributed by atoms with Crippen LogP contribution in [0.15, 0.2) is 42.6 Å². The van der Waals surface area contributed by atoms with E-state index in [0.717, 1.165) is 31.6 Å². The van der Waals surface area contributed by atoms with Crippen LogP contribution in [0.3, 0.4) is 0 Å². The fourth-order valence-corrected chi connectivity index (χ4v) is 5.35. The number of hydrogen-bond donors (Lipinski definition) is 2. The van der Waals surface area contributed by atoms with Crippen molar-refractivity contribution in [2.24, 2.45) is 7.05 Å². The Hall–Kier alpha value is -3.63. The van der Waals surface area contributed by atoms with E-state index in [4.69, 9.17) is 0 Å². The Morgan fingerprint density at radius 3 is 1.91 bits per heavy atom. The van der Waals surface area contributed by atoms with E-state index in [2.05, 4.69) is 25.7 Å². The second-order valence-electron chi connectivity index (χ2n) is 7.32. The summed E-state index contributed by atoms with van der Waals surface area (Å²) in [4.78, 5) is 35.0. The minimum Gasteiger partial charge on any atom is -0.298 e. The molecule has 0 aliphatic heterocycles. The van der Waals surface area contributed by atoms with E-state index < -0.39 is 11.8 Å². The van der Waals surface area contributed by atoms with Crippen LogP contribution < -0.4 is 10.6 Å². The standard InChI is InChI=1S/C22H18N6O2S2/c1-11-6-4-8-14-16(11)24-21(31-14)26-19(29)13-10-23-28(3)18(13)20(30)27-22-25-17-12(2)7-5-9-15(17)32-22/h4-10H,1-3H3,(H,24,26,29)(H,25,27,30).